The van der Waals surface area contributed by atoms with Gasteiger partial charge in [-0.1, -0.05) is 0 Å². The molecular formula is C13H12N4O3. The van der Waals surface area contributed by atoms with Crippen LogP contribution in [0.5, 0.6) is 5.75 Å². The van der Waals surface area contributed by atoms with Crippen LogP contribution in [0.3, 0.4) is 0 Å². The maximum Gasteiger partial charge on any atom is 0.328 e. The summed E-state index contributed by atoms with van der Waals surface area (Å²) in [5.41, 5.74) is 1.79. The van der Waals surface area contributed by atoms with Crippen molar-refractivity contribution in [2.24, 2.45) is 0 Å². The Morgan fingerprint density at radius 1 is 1.25 bits per heavy atom. The molecule has 3 N–H and O–H groups in total. The lowest BCUT2D eigenvalue weighted by atomic mass is 10.1. The molecule has 2 heterocycles. The Balaban J connectivity index is 2.16. The average Bonchev–Trinajstić information content (AvgIpc) is 2.76. The third kappa shape index (κ3) is 2.04. The zero-order valence-corrected chi connectivity index (χ0v) is 10.4. The number of hydrogen-bond acceptors (Lipinski definition) is 5. The summed E-state index contributed by atoms with van der Waals surface area (Å²) in [6.45, 7) is 0.00449. The minimum atomic E-state index is -0.350. The van der Waals surface area contributed by atoms with Gasteiger partial charge in [0.2, 0.25) is 0 Å². The summed E-state index contributed by atoms with van der Waals surface area (Å²) in [6, 6.07) is 6.54. The zero-order chi connectivity index (χ0) is 14.1. The highest BCUT2D eigenvalue weighted by Crippen LogP contribution is 2.20. The molecule has 3 rings (SSSR count). The number of aromatic hydroxyl groups is 1. The maximum absolute atomic E-state index is 11.7. The van der Waals surface area contributed by atoms with Gasteiger partial charge in [-0.3, -0.25) is 9.55 Å². The molecule has 0 saturated carbocycles. The average molecular weight is 272 g/mol. The molecule has 0 aliphatic carbocycles. The minimum absolute atomic E-state index is 0.155. The van der Waals surface area contributed by atoms with Crippen LogP contribution in [-0.2, 0) is 6.54 Å². The fourth-order valence-corrected chi connectivity index (χ4v) is 2.00. The minimum Gasteiger partial charge on any atom is -0.508 e. The highest BCUT2D eigenvalue weighted by molar-refractivity contribution is 5.70. The van der Waals surface area contributed by atoms with Gasteiger partial charge in [0.15, 0.2) is 11.3 Å². The second kappa shape index (κ2) is 4.78. The van der Waals surface area contributed by atoms with Crippen LogP contribution in [0, 0.1) is 0 Å². The van der Waals surface area contributed by atoms with Crippen molar-refractivity contribution in [2.45, 2.75) is 6.54 Å². The second-order valence-corrected chi connectivity index (χ2v) is 4.28. The number of hydrogen-bond donors (Lipinski definition) is 3. The predicted molar refractivity (Wildman–Crippen MR) is 72.3 cm³/mol. The van der Waals surface area contributed by atoms with Crippen LogP contribution in [0.1, 0.15) is 0 Å². The van der Waals surface area contributed by atoms with Gasteiger partial charge in [0.05, 0.1) is 25.0 Å². The first-order valence-corrected chi connectivity index (χ1v) is 6.05. The molecular weight excluding hydrogens is 260 g/mol. The Hall–Kier alpha value is -2.67. The van der Waals surface area contributed by atoms with E-state index in [0.717, 1.165) is 5.56 Å². The standard InChI is InChI=1S/C13H12N4O3/c18-6-5-17-12-11(16-13(17)20)14-7-10(15-12)8-1-3-9(19)4-2-8/h1-4,7,18-19H,5-6H2,(H,14,16,20). The molecule has 102 valence electrons. The van der Waals surface area contributed by atoms with Gasteiger partial charge in [0, 0.05) is 5.56 Å². The number of imidazole rings is 1. The first kappa shape index (κ1) is 12.4. The molecule has 0 atom stereocenters. The number of phenolic OH excluding ortho intramolecular Hbond substituents is 1. The molecule has 0 fully saturated rings. The lowest BCUT2D eigenvalue weighted by Gasteiger charge is -2.03. The van der Waals surface area contributed by atoms with Crippen molar-refractivity contribution in [3.8, 4) is 17.0 Å². The number of aromatic amines is 1. The number of phenols is 1. The van der Waals surface area contributed by atoms with E-state index in [2.05, 4.69) is 15.0 Å². The number of benzene rings is 1. The lowest BCUT2D eigenvalue weighted by Crippen LogP contribution is -2.18. The topological polar surface area (TPSA) is 104 Å². The Labute approximate surface area is 113 Å². The van der Waals surface area contributed by atoms with Crippen molar-refractivity contribution in [3.63, 3.8) is 0 Å². The molecule has 0 aliphatic heterocycles. The first-order chi connectivity index (χ1) is 9.69. The highest BCUT2D eigenvalue weighted by Gasteiger charge is 2.10. The molecule has 2 aromatic heterocycles. The summed E-state index contributed by atoms with van der Waals surface area (Å²) in [4.78, 5) is 22.8. The van der Waals surface area contributed by atoms with Crippen molar-refractivity contribution >= 4 is 11.3 Å². The van der Waals surface area contributed by atoms with Gasteiger partial charge in [-0.05, 0) is 24.3 Å². The van der Waals surface area contributed by atoms with E-state index in [0.29, 0.717) is 17.0 Å². The Bertz CT molecular complexity index is 805. The van der Waals surface area contributed by atoms with E-state index in [1.165, 1.54) is 4.57 Å². The Morgan fingerprint density at radius 3 is 2.70 bits per heavy atom. The molecule has 0 unspecified atom stereocenters. The van der Waals surface area contributed by atoms with Crippen LogP contribution in [0.4, 0.5) is 0 Å². The summed E-state index contributed by atoms with van der Waals surface area (Å²) in [7, 11) is 0. The van der Waals surface area contributed by atoms with Crippen LogP contribution < -0.4 is 5.69 Å². The quantitative estimate of drug-likeness (QED) is 0.643. The fourth-order valence-electron chi connectivity index (χ4n) is 2.00. The zero-order valence-electron chi connectivity index (χ0n) is 10.4. The van der Waals surface area contributed by atoms with Crippen molar-refractivity contribution in [1.82, 2.24) is 19.5 Å². The number of fused-ring (bicyclic) bond motifs is 1. The number of aliphatic hydroxyl groups is 1. The molecule has 0 aliphatic rings. The Kier molecular flexibility index (Phi) is 2.96. The largest absolute Gasteiger partial charge is 0.508 e. The lowest BCUT2D eigenvalue weighted by molar-refractivity contribution is 0.276. The molecule has 20 heavy (non-hydrogen) atoms. The van der Waals surface area contributed by atoms with E-state index in [4.69, 9.17) is 5.11 Å². The van der Waals surface area contributed by atoms with Gasteiger partial charge in [0.25, 0.3) is 0 Å². The number of nitrogens with one attached hydrogen (secondary N) is 1. The van der Waals surface area contributed by atoms with Crippen molar-refractivity contribution in [3.05, 3.63) is 40.9 Å². The fraction of sp³-hybridized carbons (Fsp3) is 0.154. The van der Waals surface area contributed by atoms with Gasteiger partial charge in [-0.25, -0.2) is 14.8 Å². The van der Waals surface area contributed by atoms with Gasteiger partial charge in [-0.15, -0.1) is 0 Å². The summed E-state index contributed by atoms with van der Waals surface area (Å²) >= 11 is 0. The number of H-pyrrole nitrogens is 1. The Morgan fingerprint density at radius 2 is 2.00 bits per heavy atom. The van der Waals surface area contributed by atoms with Gasteiger partial charge in [-0.2, -0.15) is 0 Å². The molecule has 0 radical (unpaired) electrons. The van der Waals surface area contributed by atoms with Crippen molar-refractivity contribution < 1.29 is 10.2 Å². The number of rotatable bonds is 3. The van der Waals surface area contributed by atoms with Crippen LogP contribution in [-0.4, -0.2) is 36.3 Å². The van der Waals surface area contributed by atoms with E-state index in [1.54, 1.807) is 30.5 Å². The van der Waals surface area contributed by atoms with E-state index in [9.17, 15) is 9.90 Å². The van der Waals surface area contributed by atoms with Gasteiger partial charge >= 0.3 is 5.69 Å². The number of aliphatic hydroxyl groups excluding tert-OH is 1. The van der Waals surface area contributed by atoms with E-state index >= 15 is 0 Å². The van der Waals surface area contributed by atoms with Crippen molar-refractivity contribution in [2.75, 3.05) is 6.61 Å². The number of aromatic nitrogens is 4. The molecule has 0 amide bonds. The molecule has 0 bridgehead atoms. The van der Waals surface area contributed by atoms with Gasteiger partial charge in [0.1, 0.15) is 5.75 Å². The maximum atomic E-state index is 11.7. The van der Waals surface area contributed by atoms with E-state index < -0.39 is 0 Å². The summed E-state index contributed by atoms with van der Waals surface area (Å²) < 4.78 is 1.34. The van der Waals surface area contributed by atoms with E-state index in [1.807, 2.05) is 0 Å². The third-order valence-electron chi connectivity index (χ3n) is 2.97. The smallest absolute Gasteiger partial charge is 0.328 e. The summed E-state index contributed by atoms with van der Waals surface area (Å²) in [5, 5.41) is 18.3. The predicted octanol–water partition coefficient (Wildman–Crippen LogP) is 0.484. The van der Waals surface area contributed by atoms with Crippen molar-refractivity contribution in [1.29, 1.82) is 0 Å². The SMILES string of the molecule is O=c1[nH]c2ncc(-c3ccc(O)cc3)nc2n1CCO. The third-order valence-corrected chi connectivity index (χ3v) is 2.97. The van der Waals surface area contributed by atoms with Gasteiger partial charge < -0.3 is 10.2 Å². The monoisotopic (exact) mass is 272 g/mol. The van der Waals surface area contributed by atoms with Crippen LogP contribution in [0.2, 0.25) is 0 Å². The first-order valence-electron chi connectivity index (χ1n) is 6.05. The highest BCUT2D eigenvalue weighted by atomic mass is 16.3. The molecule has 7 heteroatoms. The molecule has 1 aromatic carbocycles. The summed E-state index contributed by atoms with van der Waals surface area (Å²) in [5.74, 6) is 0.168. The van der Waals surface area contributed by atoms with E-state index in [-0.39, 0.29) is 24.6 Å². The molecule has 7 nitrogen and oxygen atoms in total. The summed E-state index contributed by atoms with van der Waals surface area (Å²) in [6.07, 6.45) is 1.55. The van der Waals surface area contributed by atoms with Crippen LogP contribution >= 0.6 is 0 Å². The molecule has 3 aromatic rings. The second-order valence-electron chi connectivity index (χ2n) is 4.28. The molecule has 0 saturated heterocycles. The van der Waals surface area contributed by atoms with Crippen LogP contribution in [0.15, 0.2) is 35.3 Å². The number of nitrogens with zero attached hydrogens (tertiary/aromatic N) is 3. The normalized spacial score (nSPS) is 11.1. The molecule has 0 spiro atoms. The van der Waals surface area contributed by atoms with Crippen LogP contribution in [0.25, 0.3) is 22.6 Å².